The maximum atomic E-state index is 11.3. The predicted octanol–water partition coefficient (Wildman–Crippen LogP) is 1.51. The van der Waals surface area contributed by atoms with Gasteiger partial charge in [-0.1, -0.05) is 19.1 Å². The second kappa shape index (κ2) is 5.24. The molecule has 0 unspecified atom stereocenters. The molecule has 0 bridgehead atoms. The predicted molar refractivity (Wildman–Crippen MR) is 51.9 cm³/mol. The highest BCUT2D eigenvalue weighted by Crippen LogP contribution is 2.17. The number of benzene rings is 1. The van der Waals surface area contributed by atoms with E-state index in [9.17, 15) is 9.59 Å². The van der Waals surface area contributed by atoms with E-state index in [1.54, 1.807) is 13.0 Å². The smallest absolute Gasteiger partial charge is 0.295 e. The lowest BCUT2D eigenvalue weighted by molar-refractivity contribution is -0.185. The molecule has 0 saturated heterocycles. The van der Waals surface area contributed by atoms with Gasteiger partial charge in [-0.05, 0) is 18.1 Å². The number of rotatable bonds is 3. The molecule has 1 aromatic carbocycles. The summed E-state index contributed by atoms with van der Waals surface area (Å²) in [4.78, 5) is 29.6. The second-order valence-electron chi connectivity index (χ2n) is 2.95. The molecule has 0 spiro atoms. The minimum atomic E-state index is -1.09. The quantitative estimate of drug-likeness (QED) is 0.599. The van der Waals surface area contributed by atoms with Crippen LogP contribution < -0.4 is 0 Å². The van der Waals surface area contributed by atoms with Crippen LogP contribution in [0.3, 0.4) is 0 Å². The van der Waals surface area contributed by atoms with Gasteiger partial charge in [0.25, 0.3) is 0 Å². The van der Waals surface area contributed by atoms with Crippen LogP contribution in [0.1, 0.15) is 33.2 Å². The highest BCUT2D eigenvalue weighted by molar-refractivity contribution is 6.03. The lowest BCUT2D eigenvalue weighted by Crippen LogP contribution is -2.14. The summed E-state index contributed by atoms with van der Waals surface area (Å²) in [6.07, 6.45) is 0.455. The third kappa shape index (κ3) is 2.18. The van der Waals surface area contributed by atoms with Gasteiger partial charge in [-0.15, -0.1) is 0 Å². The summed E-state index contributed by atoms with van der Waals surface area (Å²) in [5.41, 5.74) is 0.217. The van der Waals surface area contributed by atoms with Gasteiger partial charge in [-0.25, -0.2) is 9.59 Å². The van der Waals surface area contributed by atoms with E-state index >= 15 is 0 Å². The third-order valence-corrected chi connectivity index (χ3v) is 2.12. The summed E-state index contributed by atoms with van der Waals surface area (Å²) in [7, 11) is 0. The molecule has 6 heteroatoms. The fourth-order valence-corrected chi connectivity index (χ4v) is 1.40. The van der Waals surface area contributed by atoms with Crippen LogP contribution in [-0.2, 0) is 16.2 Å². The monoisotopic (exact) mass is 226 g/mol. The van der Waals surface area contributed by atoms with Crippen molar-refractivity contribution in [2.75, 3.05) is 0 Å². The van der Waals surface area contributed by atoms with Gasteiger partial charge in [-0.3, -0.25) is 9.78 Å². The molecule has 0 radical (unpaired) electrons. The zero-order valence-electron chi connectivity index (χ0n) is 8.47. The van der Waals surface area contributed by atoms with Crippen molar-refractivity contribution in [2.45, 2.75) is 13.3 Å². The molecule has 16 heavy (non-hydrogen) atoms. The highest BCUT2D eigenvalue weighted by atomic mass is 17.1. The van der Waals surface area contributed by atoms with Gasteiger partial charge in [0.1, 0.15) is 0 Å². The van der Waals surface area contributed by atoms with Crippen LogP contribution in [-0.4, -0.2) is 22.5 Å². The van der Waals surface area contributed by atoms with Crippen LogP contribution >= 0.6 is 0 Å². The Balaban J connectivity index is 3.37. The van der Waals surface area contributed by atoms with Crippen molar-refractivity contribution in [2.24, 2.45) is 0 Å². The largest absolute Gasteiger partial charge is 0.373 e. The van der Waals surface area contributed by atoms with Crippen molar-refractivity contribution in [3.63, 3.8) is 0 Å². The van der Waals surface area contributed by atoms with Crippen molar-refractivity contribution in [1.29, 1.82) is 0 Å². The minimum Gasteiger partial charge on any atom is -0.295 e. The van der Waals surface area contributed by atoms with Gasteiger partial charge < -0.3 is 0 Å². The van der Waals surface area contributed by atoms with E-state index < -0.39 is 11.9 Å². The minimum absolute atomic E-state index is 0.119. The molecule has 2 N–H and O–H groups in total. The average Bonchev–Trinajstić information content (AvgIpc) is 2.35. The molecular formula is C10H10O6. The Morgan fingerprint density at radius 3 is 2.31 bits per heavy atom. The van der Waals surface area contributed by atoms with Crippen molar-refractivity contribution in [3.8, 4) is 0 Å². The van der Waals surface area contributed by atoms with Gasteiger partial charge in [0.2, 0.25) is 0 Å². The SMILES string of the molecule is CCc1cccc(C(=O)OO)c1C(=O)OO. The van der Waals surface area contributed by atoms with Crippen LogP contribution in [0.5, 0.6) is 0 Å². The Bertz CT molecular complexity index is 412. The zero-order valence-corrected chi connectivity index (χ0v) is 8.47. The summed E-state index contributed by atoms with van der Waals surface area (Å²) in [6, 6.07) is 4.41. The van der Waals surface area contributed by atoms with Crippen molar-refractivity contribution in [3.05, 3.63) is 34.9 Å². The van der Waals surface area contributed by atoms with E-state index in [-0.39, 0.29) is 11.1 Å². The molecule has 0 aromatic heterocycles. The second-order valence-corrected chi connectivity index (χ2v) is 2.95. The molecule has 0 atom stereocenters. The molecular weight excluding hydrogens is 216 g/mol. The highest BCUT2D eigenvalue weighted by Gasteiger charge is 2.22. The van der Waals surface area contributed by atoms with E-state index in [1.165, 1.54) is 12.1 Å². The first-order valence-electron chi connectivity index (χ1n) is 4.49. The lowest BCUT2D eigenvalue weighted by atomic mass is 9.99. The Labute approximate surface area is 90.9 Å². The molecule has 0 saturated carbocycles. The number of aryl methyl sites for hydroxylation is 1. The number of carbonyl (C=O) groups is 2. The van der Waals surface area contributed by atoms with Crippen molar-refractivity contribution >= 4 is 11.9 Å². The van der Waals surface area contributed by atoms with E-state index in [4.69, 9.17) is 10.5 Å². The number of hydrogen-bond acceptors (Lipinski definition) is 6. The first kappa shape index (κ1) is 12.2. The van der Waals surface area contributed by atoms with Gasteiger partial charge in [-0.2, -0.15) is 10.5 Å². The molecule has 0 amide bonds. The fourth-order valence-electron chi connectivity index (χ4n) is 1.40. The van der Waals surface area contributed by atoms with Crippen molar-refractivity contribution < 1.29 is 29.9 Å². The molecule has 0 fully saturated rings. The molecule has 0 aliphatic carbocycles. The Hall–Kier alpha value is -1.92. The molecule has 86 valence electrons. The fraction of sp³-hybridized carbons (Fsp3) is 0.200. The third-order valence-electron chi connectivity index (χ3n) is 2.12. The van der Waals surface area contributed by atoms with Crippen LogP contribution in [0.25, 0.3) is 0 Å². The Morgan fingerprint density at radius 2 is 1.81 bits per heavy atom. The maximum Gasteiger partial charge on any atom is 0.373 e. The Kier molecular flexibility index (Phi) is 3.98. The molecule has 0 aliphatic heterocycles. The van der Waals surface area contributed by atoms with E-state index in [2.05, 4.69) is 9.78 Å². The van der Waals surface area contributed by atoms with Gasteiger partial charge in [0.15, 0.2) is 0 Å². The first-order chi connectivity index (χ1) is 7.65. The van der Waals surface area contributed by atoms with Crippen LogP contribution in [0.2, 0.25) is 0 Å². The summed E-state index contributed by atoms with van der Waals surface area (Å²) >= 11 is 0. The molecule has 1 aromatic rings. The van der Waals surface area contributed by atoms with Crippen molar-refractivity contribution in [1.82, 2.24) is 0 Å². The van der Waals surface area contributed by atoms with E-state index in [0.29, 0.717) is 12.0 Å². The summed E-state index contributed by atoms with van der Waals surface area (Å²) in [5, 5.41) is 16.6. The molecule has 1 rings (SSSR count). The average molecular weight is 226 g/mol. The van der Waals surface area contributed by atoms with Gasteiger partial charge in [0, 0.05) is 0 Å². The standard InChI is InChI=1S/C10H10O6/c1-2-6-4-3-5-7(9(11)15-13)8(6)10(12)16-14/h3-5,13-14H,2H2,1H3. The van der Waals surface area contributed by atoms with Gasteiger partial charge >= 0.3 is 11.9 Å². The topological polar surface area (TPSA) is 93.1 Å². The van der Waals surface area contributed by atoms with E-state index in [1.807, 2.05) is 0 Å². The summed E-state index contributed by atoms with van der Waals surface area (Å²) < 4.78 is 0. The van der Waals surface area contributed by atoms with Gasteiger partial charge in [0.05, 0.1) is 11.1 Å². The lowest BCUT2D eigenvalue weighted by Gasteiger charge is -2.08. The maximum absolute atomic E-state index is 11.3. The zero-order chi connectivity index (χ0) is 12.1. The molecule has 0 aliphatic rings. The molecule has 6 nitrogen and oxygen atoms in total. The van der Waals surface area contributed by atoms with E-state index in [0.717, 1.165) is 0 Å². The Morgan fingerprint density at radius 1 is 1.19 bits per heavy atom. The molecule has 0 heterocycles. The normalized spacial score (nSPS) is 9.69. The van der Waals surface area contributed by atoms with Crippen LogP contribution in [0.15, 0.2) is 18.2 Å². The first-order valence-corrected chi connectivity index (χ1v) is 4.49. The summed E-state index contributed by atoms with van der Waals surface area (Å²) in [6.45, 7) is 1.76. The van der Waals surface area contributed by atoms with Crippen LogP contribution in [0, 0.1) is 0 Å². The number of carbonyl (C=O) groups excluding carboxylic acids is 2. The number of hydrogen-bond donors (Lipinski definition) is 2. The summed E-state index contributed by atoms with van der Waals surface area (Å²) in [5.74, 6) is -2.16. The van der Waals surface area contributed by atoms with Crippen LogP contribution in [0.4, 0.5) is 0 Å².